The molecule has 2 aromatic carbocycles. The molecule has 0 fully saturated rings. The second-order valence-corrected chi connectivity index (χ2v) is 6.89. The smallest absolute Gasteiger partial charge is 0.306 e. The lowest BCUT2D eigenvalue weighted by atomic mass is 10.1. The van der Waals surface area contributed by atoms with Crippen molar-refractivity contribution in [2.45, 2.75) is 19.4 Å². The zero-order valence-electron chi connectivity index (χ0n) is 16.2. The van der Waals surface area contributed by atoms with E-state index in [9.17, 15) is 4.79 Å². The van der Waals surface area contributed by atoms with Crippen molar-refractivity contribution >= 4 is 28.5 Å². The molecule has 0 amide bonds. The van der Waals surface area contributed by atoms with Gasteiger partial charge < -0.3 is 14.0 Å². The molecule has 0 aliphatic heterocycles. The minimum atomic E-state index is -0.389. The largest absolute Gasteiger partial charge is 0.497 e. The first-order valence-corrected chi connectivity index (χ1v) is 9.67. The van der Waals surface area contributed by atoms with Gasteiger partial charge in [0.1, 0.15) is 17.5 Å². The van der Waals surface area contributed by atoms with Gasteiger partial charge in [-0.1, -0.05) is 47.1 Å². The summed E-state index contributed by atoms with van der Waals surface area (Å²) >= 11 is 6.24. The number of aryl methyl sites for hydroxylation is 1. The van der Waals surface area contributed by atoms with Crippen molar-refractivity contribution in [3.8, 4) is 17.1 Å². The molecule has 0 radical (unpaired) electrons. The molecule has 152 valence electrons. The molecule has 2 heterocycles. The minimum Gasteiger partial charge on any atom is -0.497 e. The Bertz CT molecular complexity index is 1180. The Morgan fingerprint density at radius 1 is 1.10 bits per heavy atom. The molecule has 0 spiro atoms. The Balaban J connectivity index is 1.34. The van der Waals surface area contributed by atoms with Gasteiger partial charge in [-0.05, 0) is 18.2 Å². The van der Waals surface area contributed by atoms with Crippen LogP contribution < -0.4 is 4.74 Å². The predicted octanol–water partition coefficient (Wildman–Crippen LogP) is 4.62. The third-order valence-electron chi connectivity index (χ3n) is 4.48. The number of rotatable bonds is 7. The van der Waals surface area contributed by atoms with Crippen molar-refractivity contribution < 1.29 is 18.8 Å². The van der Waals surface area contributed by atoms with Crippen LogP contribution in [-0.4, -0.2) is 28.2 Å². The Morgan fingerprint density at radius 3 is 2.73 bits per heavy atom. The van der Waals surface area contributed by atoms with Gasteiger partial charge in [-0.2, -0.15) is 4.98 Å². The van der Waals surface area contributed by atoms with Crippen molar-refractivity contribution in [1.82, 2.24) is 15.1 Å². The van der Waals surface area contributed by atoms with Crippen LogP contribution in [0.1, 0.15) is 17.9 Å². The number of esters is 1. The Kier molecular flexibility index (Phi) is 5.90. The fraction of sp³-hybridized carbons (Fsp3) is 0.182. The SMILES string of the molecule is COc1ccc2cc(COC(=O)CCc3nc(-c4ccccc4)no3)c(Cl)nc2c1. The van der Waals surface area contributed by atoms with Crippen molar-refractivity contribution in [1.29, 1.82) is 0 Å². The number of carbonyl (C=O) groups is 1. The van der Waals surface area contributed by atoms with E-state index in [1.807, 2.05) is 48.5 Å². The first-order chi connectivity index (χ1) is 14.6. The monoisotopic (exact) mass is 423 g/mol. The lowest BCUT2D eigenvalue weighted by Gasteiger charge is -2.08. The number of pyridine rings is 1. The molecule has 0 bridgehead atoms. The molecule has 0 N–H and O–H groups in total. The zero-order chi connectivity index (χ0) is 20.9. The van der Waals surface area contributed by atoms with E-state index >= 15 is 0 Å². The lowest BCUT2D eigenvalue weighted by molar-refractivity contribution is -0.145. The van der Waals surface area contributed by atoms with Crippen molar-refractivity contribution in [3.05, 3.63) is 71.2 Å². The first-order valence-electron chi connectivity index (χ1n) is 9.29. The normalized spacial score (nSPS) is 10.9. The lowest BCUT2D eigenvalue weighted by Crippen LogP contribution is -2.07. The highest BCUT2D eigenvalue weighted by molar-refractivity contribution is 6.30. The summed E-state index contributed by atoms with van der Waals surface area (Å²) in [7, 11) is 1.59. The maximum atomic E-state index is 12.1. The fourth-order valence-corrected chi connectivity index (χ4v) is 3.10. The van der Waals surface area contributed by atoms with Crippen molar-refractivity contribution in [2.24, 2.45) is 0 Å². The quantitative estimate of drug-likeness (QED) is 0.316. The molecule has 2 aromatic heterocycles. The molecule has 4 rings (SSSR count). The topological polar surface area (TPSA) is 87.3 Å². The van der Waals surface area contributed by atoms with Crippen molar-refractivity contribution in [3.63, 3.8) is 0 Å². The van der Waals surface area contributed by atoms with E-state index in [1.54, 1.807) is 13.2 Å². The van der Waals surface area contributed by atoms with E-state index in [0.29, 0.717) is 35.0 Å². The first kappa shape index (κ1) is 19.8. The molecule has 0 atom stereocenters. The second-order valence-electron chi connectivity index (χ2n) is 6.54. The fourth-order valence-electron chi connectivity index (χ4n) is 2.90. The van der Waals surface area contributed by atoms with E-state index < -0.39 is 0 Å². The maximum Gasteiger partial charge on any atom is 0.306 e. The van der Waals surface area contributed by atoms with Gasteiger partial charge in [0.2, 0.25) is 11.7 Å². The van der Waals surface area contributed by atoms with E-state index in [-0.39, 0.29) is 24.2 Å². The minimum absolute atomic E-state index is 0.0335. The molecule has 0 aliphatic rings. The number of halogens is 1. The van der Waals surface area contributed by atoms with Crippen LogP contribution in [0.3, 0.4) is 0 Å². The van der Waals surface area contributed by atoms with Crippen LogP contribution >= 0.6 is 11.6 Å². The molecular formula is C22H18ClN3O4. The predicted molar refractivity (Wildman–Crippen MR) is 111 cm³/mol. The van der Waals surface area contributed by atoms with Gasteiger partial charge in [0, 0.05) is 29.0 Å². The second kappa shape index (κ2) is 8.92. The van der Waals surface area contributed by atoms with E-state index in [1.165, 1.54) is 0 Å². The summed E-state index contributed by atoms with van der Waals surface area (Å²) in [5.41, 5.74) is 2.19. The summed E-state index contributed by atoms with van der Waals surface area (Å²) < 4.78 is 15.7. The summed E-state index contributed by atoms with van der Waals surface area (Å²) in [5.74, 6) is 1.18. The number of ether oxygens (including phenoxy) is 2. The number of hydrogen-bond donors (Lipinski definition) is 0. The molecule has 8 heteroatoms. The van der Waals surface area contributed by atoms with Gasteiger partial charge in [0.25, 0.3) is 0 Å². The Labute approximate surface area is 177 Å². The highest BCUT2D eigenvalue weighted by Crippen LogP contribution is 2.25. The van der Waals surface area contributed by atoms with Gasteiger partial charge in [0.05, 0.1) is 19.0 Å². The van der Waals surface area contributed by atoms with Gasteiger partial charge in [-0.3, -0.25) is 4.79 Å². The summed E-state index contributed by atoms with van der Waals surface area (Å²) in [6, 6.07) is 16.8. The summed E-state index contributed by atoms with van der Waals surface area (Å²) in [4.78, 5) is 20.8. The van der Waals surface area contributed by atoms with Gasteiger partial charge >= 0.3 is 5.97 Å². The van der Waals surface area contributed by atoms with Gasteiger partial charge in [0.15, 0.2) is 0 Å². The Hall–Kier alpha value is -3.45. The molecular weight excluding hydrogens is 406 g/mol. The number of fused-ring (bicyclic) bond motifs is 1. The molecule has 0 saturated heterocycles. The van der Waals surface area contributed by atoms with Crippen LogP contribution in [0.5, 0.6) is 5.75 Å². The molecule has 4 aromatic rings. The van der Waals surface area contributed by atoms with E-state index in [2.05, 4.69) is 15.1 Å². The molecule has 7 nitrogen and oxygen atoms in total. The third-order valence-corrected chi connectivity index (χ3v) is 4.81. The highest BCUT2D eigenvalue weighted by atomic mass is 35.5. The van der Waals surface area contributed by atoms with Gasteiger partial charge in [-0.15, -0.1) is 0 Å². The summed E-state index contributed by atoms with van der Waals surface area (Å²) in [5, 5.41) is 5.10. The average Bonchev–Trinajstić information content (AvgIpc) is 3.25. The van der Waals surface area contributed by atoms with Crippen LogP contribution in [0.15, 0.2) is 59.1 Å². The van der Waals surface area contributed by atoms with Gasteiger partial charge in [-0.25, -0.2) is 4.98 Å². The van der Waals surface area contributed by atoms with Crippen LogP contribution in [0.25, 0.3) is 22.3 Å². The number of carbonyl (C=O) groups excluding carboxylic acids is 1. The molecule has 0 unspecified atom stereocenters. The van der Waals surface area contributed by atoms with Crippen LogP contribution in [0, 0.1) is 0 Å². The molecule has 0 saturated carbocycles. The average molecular weight is 424 g/mol. The number of benzene rings is 2. The van der Waals surface area contributed by atoms with E-state index in [4.69, 9.17) is 25.6 Å². The summed E-state index contributed by atoms with van der Waals surface area (Å²) in [6.45, 7) is 0.0335. The number of nitrogens with zero attached hydrogens (tertiary/aromatic N) is 3. The Morgan fingerprint density at radius 2 is 1.93 bits per heavy atom. The van der Waals surface area contributed by atoms with E-state index in [0.717, 1.165) is 10.9 Å². The zero-order valence-corrected chi connectivity index (χ0v) is 16.9. The van der Waals surface area contributed by atoms with Crippen LogP contribution in [-0.2, 0) is 22.6 Å². The number of methoxy groups -OCH3 is 1. The third kappa shape index (κ3) is 4.58. The van der Waals surface area contributed by atoms with Crippen LogP contribution in [0.2, 0.25) is 5.15 Å². The molecule has 30 heavy (non-hydrogen) atoms. The maximum absolute atomic E-state index is 12.1. The number of hydrogen-bond acceptors (Lipinski definition) is 7. The summed E-state index contributed by atoms with van der Waals surface area (Å²) in [6.07, 6.45) is 0.411. The highest BCUT2D eigenvalue weighted by Gasteiger charge is 2.13. The van der Waals surface area contributed by atoms with Crippen LogP contribution in [0.4, 0.5) is 0 Å². The standard InChI is InChI=1S/C22H18ClN3O4/c1-28-17-8-7-15-11-16(21(23)24-18(15)12-17)13-29-20(27)10-9-19-25-22(26-30-19)14-5-3-2-4-6-14/h2-8,11-12H,9-10,13H2,1H3. The number of aromatic nitrogens is 3. The molecule has 0 aliphatic carbocycles. The van der Waals surface area contributed by atoms with Crippen molar-refractivity contribution in [2.75, 3.05) is 7.11 Å².